The molecule has 1 aromatic heterocycles. The largest absolute Gasteiger partial charge is 0.391 e. The summed E-state index contributed by atoms with van der Waals surface area (Å²) in [6.45, 7) is 0.627. The van der Waals surface area contributed by atoms with Gasteiger partial charge in [0.15, 0.2) is 0 Å². The summed E-state index contributed by atoms with van der Waals surface area (Å²) in [6.07, 6.45) is -1.12. The van der Waals surface area contributed by atoms with Gasteiger partial charge in [-0.2, -0.15) is 18.4 Å². The number of pyridine rings is 1. The number of anilines is 1. The van der Waals surface area contributed by atoms with Gasteiger partial charge < -0.3 is 4.90 Å². The number of halogens is 3. The Bertz CT molecular complexity index is 749. The average Bonchev–Trinajstić information content (AvgIpc) is 2.52. The summed E-state index contributed by atoms with van der Waals surface area (Å²) >= 11 is 0. The number of nitriles is 1. The molecule has 3 nitrogen and oxygen atoms in total. The van der Waals surface area contributed by atoms with Crippen molar-refractivity contribution in [1.82, 2.24) is 4.98 Å². The predicted molar refractivity (Wildman–Crippen MR) is 82.1 cm³/mol. The van der Waals surface area contributed by atoms with E-state index >= 15 is 0 Å². The van der Waals surface area contributed by atoms with E-state index in [0.717, 1.165) is 29.3 Å². The highest BCUT2D eigenvalue weighted by atomic mass is 19.4. The summed E-state index contributed by atoms with van der Waals surface area (Å²) in [6, 6.07) is 8.72. The smallest absolute Gasteiger partial charge is 0.368 e. The maximum atomic E-state index is 12.8. The van der Waals surface area contributed by atoms with Crippen molar-refractivity contribution in [3.63, 3.8) is 0 Å². The Morgan fingerprint density at radius 3 is 2.83 bits per heavy atom. The van der Waals surface area contributed by atoms with E-state index in [-0.39, 0.29) is 0 Å². The average molecular weight is 319 g/mol. The van der Waals surface area contributed by atoms with Crippen LogP contribution in [-0.2, 0) is 0 Å². The minimum Gasteiger partial charge on any atom is -0.368 e. The van der Waals surface area contributed by atoms with Crippen molar-refractivity contribution in [3.05, 3.63) is 36.2 Å². The van der Waals surface area contributed by atoms with Crippen molar-refractivity contribution in [1.29, 1.82) is 5.26 Å². The fraction of sp³-hybridized carbons (Fsp3) is 0.412. The fourth-order valence-corrected chi connectivity index (χ4v) is 3.25. The van der Waals surface area contributed by atoms with Crippen LogP contribution in [-0.4, -0.2) is 23.7 Å². The van der Waals surface area contributed by atoms with Gasteiger partial charge in [0, 0.05) is 29.9 Å². The molecule has 2 heterocycles. The first-order valence-electron chi connectivity index (χ1n) is 7.60. The fourth-order valence-electron chi connectivity index (χ4n) is 3.25. The molecule has 0 N–H and O–H groups in total. The second-order valence-corrected chi connectivity index (χ2v) is 5.84. The standard InChI is InChI=1S/C17H16F3N3/c18-17(19,20)10-14-3-1-2-8-23(14)13-4-5-15-12(9-13)6-7-22-16(15)11-21/h4-7,9,14H,1-3,8,10H2/t14-/m1/s1. The van der Waals surface area contributed by atoms with Gasteiger partial charge in [0.2, 0.25) is 0 Å². The first kappa shape index (κ1) is 15.6. The van der Waals surface area contributed by atoms with E-state index in [1.807, 2.05) is 17.0 Å². The molecule has 0 bridgehead atoms. The van der Waals surface area contributed by atoms with Gasteiger partial charge in [0.25, 0.3) is 0 Å². The van der Waals surface area contributed by atoms with E-state index in [9.17, 15) is 13.2 Å². The van der Waals surface area contributed by atoms with E-state index in [1.54, 1.807) is 24.4 Å². The second kappa shape index (κ2) is 6.07. The van der Waals surface area contributed by atoms with Gasteiger partial charge in [0.1, 0.15) is 11.8 Å². The van der Waals surface area contributed by atoms with Crippen molar-refractivity contribution in [2.24, 2.45) is 0 Å². The van der Waals surface area contributed by atoms with Gasteiger partial charge in [-0.3, -0.25) is 0 Å². The van der Waals surface area contributed by atoms with Crippen molar-refractivity contribution in [2.75, 3.05) is 11.4 Å². The topological polar surface area (TPSA) is 39.9 Å². The molecule has 1 atom stereocenters. The monoisotopic (exact) mass is 319 g/mol. The summed E-state index contributed by atoms with van der Waals surface area (Å²) in [5, 5.41) is 10.6. The first-order chi connectivity index (χ1) is 11.0. The van der Waals surface area contributed by atoms with Crippen molar-refractivity contribution in [2.45, 2.75) is 37.9 Å². The van der Waals surface area contributed by atoms with Gasteiger partial charge in [-0.15, -0.1) is 0 Å². The zero-order valence-corrected chi connectivity index (χ0v) is 12.5. The SMILES string of the molecule is N#Cc1nccc2cc(N3CCCC[C@@H]3CC(F)(F)F)ccc12. The summed E-state index contributed by atoms with van der Waals surface area (Å²) in [5.74, 6) is 0. The van der Waals surface area contributed by atoms with Crippen LogP contribution in [0.2, 0.25) is 0 Å². The zero-order chi connectivity index (χ0) is 16.4. The maximum Gasteiger partial charge on any atom is 0.391 e. The molecular weight excluding hydrogens is 303 g/mol. The molecule has 0 unspecified atom stereocenters. The Kier molecular flexibility index (Phi) is 4.12. The van der Waals surface area contributed by atoms with Gasteiger partial charge in [-0.05, 0) is 48.9 Å². The van der Waals surface area contributed by atoms with Crippen LogP contribution >= 0.6 is 0 Å². The Balaban J connectivity index is 1.96. The Morgan fingerprint density at radius 2 is 2.09 bits per heavy atom. The van der Waals surface area contributed by atoms with Crippen LogP contribution in [0.3, 0.4) is 0 Å². The first-order valence-corrected chi connectivity index (χ1v) is 7.60. The Labute approximate surface area is 132 Å². The molecule has 1 saturated heterocycles. The van der Waals surface area contributed by atoms with Crippen LogP contribution < -0.4 is 4.90 Å². The number of hydrogen-bond donors (Lipinski definition) is 0. The highest BCUT2D eigenvalue weighted by Crippen LogP contribution is 2.34. The normalized spacial score (nSPS) is 18.9. The van der Waals surface area contributed by atoms with Crippen LogP contribution in [0.5, 0.6) is 0 Å². The quantitative estimate of drug-likeness (QED) is 0.823. The number of benzene rings is 1. The number of rotatable bonds is 2. The molecule has 0 saturated carbocycles. The summed E-state index contributed by atoms with van der Waals surface area (Å²) in [4.78, 5) is 5.86. The Hall–Kier alpha value is -2.29. The molecule has 0 spiro atoms. The van der Waals surface area contributed by atoms with Gasteiger partial charge >= 0.3 is 6.18 Å². The molecule has 1 fully saturated rings. The lowest BCUT2D eigenvalue weighted by atomic mass is 9.97. The third-order valence-corrected chi connectivity index (χ3v) is 4.28. The molecule has 0 amide bonds. The van der Waals surface area contributed by atoms with Crippen LogP contribution in [0.4, 0.5) is 18.9 Å². The number of alkyl halides is 3. The zero-order valence-electron chi connectivity index (χ0n) is 12.5. The lowest BCUT2D eigenvalue weighted by Crippen LogP contribution is -2.42. The van der Waals surface area contributed by atoms with Crippen LogP contribution in [0.25, 0.3) is 10.8 Å². The lowest BCUT2D eigenvalue weighted by molar-refractivity contribution is -0.139. The molecule has 1 aliphatic heterocycles. The molecule has 120 valence electrons. The molecule has 2 aromatic rings. The van der Waals surface area contributed by atoms with E-state index in [4.69, 9.17) is 5.26 Å². The van der Waals surface area contributed by atoms with Crippen molar-refractivity contribution < 1.29 is 13.2 Å². The molecule has 1 aromatic carbocycles. The van der Waals surface area contributed by atoms with E-state index in [1.165, 1.54) is 0 Å². The number of fused-ring (bicyclic) bond motifs is 1. The summed E-state index contributed by atoms with van der Waals surface area (Å²) in [7, 11) is 0. The molecule has 23 heavy (non-hydrogen) atoms. The van der Waals surface area contributed by atoms with Crippen LogP contribution in [0, 0.1) is 11.3 Å². The molecule has 0 aliphatic carbocycles. The summed E-state index contributed by atoms with van der Waals surface area (Å²) in [5.41, 5.74) is 1.11. The molecule has 6 heteroatoms. The number of hydrogen-bond acceptors (Lipinski definition) is 3. The highest BCUT2D eigenvalue weighted by molar-refractivity contribution is 5.89. The van der Waals surface area contributed by atoms with Gasteiger partial charge in [0.05, 0.1) is 6.42 Å². The molecule has 1 aliphatic rings. The number of piperidine rings is 1. The van der Waals surface area contributed by atoms with Crippen LogP contribution in [0.1, 0.15) is 31.4 Å². The molecule has 0 radical (unpaired) electrons. The maximum absolute atomic E-state index is 12.8. The van der Waals surface area contributed by atoms with Gasteiger partial charge in [-0.25, -0.2) is 4.98 Å². The van der Waals surface area contributed by atoms with Crippen molar-refractivity contribution >= 4 is 16.5 Å². The second-order valence-electron chi connectivity index (χ2n) is 5.84. The van der Waals surface area contributed by atoms with Crippen molar-refractivity contribution in [3.8, 4) is 6.07 Å². The third-order valence-electron chi connectivity index (χ3n) is 4.28. The van der Waals surface area contributed by atoms with E-state index in [0.29, 0.717) is 18.7 Å². The van der Waals surface area contributed by atoms with E-state index < -0.39 is 18.6 Å². The van der Waals surface area contributed by atoms with E-state index in [2.05, 4.69) is 4.98 Å². The highest BCUT2D eigenvalue weighted by Gasteiger charge is 2.35. The predicted octanol–water partition coefficient (Wildman–Crippen LogP) is 4.42. The third kappa shape index (κ3) is 3.39. The van der Waals surface area contributed by atoms with Gasteiger partial charge in [-0.1, -0.05) is 0 Å². The minimum atomic E-state index is -4.16. The summed E-state index contributed by atoms with van der Waals surface area (Å²) < 4.78 is 38.4. The number of aromatic nitrogens is 1. The number of nitrogens with zero attached hydrogens (tertiary/aromatic N) is 3. The molecule has 3 rings (SSSR count). The minimum absolute atomic E-state index is 0.333. The van der Waals surface area contributed by atoms with Crippen LogP contribution in [0.15, 0.2) is 30.5 Å². The lowest BCUT2D eigenvalue weighted by Gasteiger charge is -2.38. The Morgan fingerprint density at radius 1 is 1.26 bits per heavy atom. The molecular formula is C17H16F3N3.